The molecule has 2 saturated heterocycles. The molecule has 0 aromatic rings. The minimum atomic E-state index is -1.11. The van der Waals surface area contributed by atoms with Crippen LogP contribution in [-0.4, -0.2) is 78.8 Å². The molecule has 2 heterocycles. The minimum Gasteiger partial charge on any atom is -0.480 e. The zero-order valence-corrected chi connectivity index (χ0v) is 12.1. The number of piperazine rings is 1. The predicted octanol–water partition coefficient (Wildman–Crippen LogP) is -0.650. The molecule has 0 bridgehead atoms. The van der Waals surface area contributed by atoms with Gasteiger partial charge in [-0.05, 0) is 12.8 Å². The van der Waals surface area contributed by atoms with Gasteiger partial charge in [0.1, 0.15) is 12.6 Å². The molecule has 2 aliphatic rings. The van der Waals surface area contributed by atoms with Gasteiger partial charge in [0.15, 0.2) is 0 Å². The molecule has 2 aliphatic heterocycles. The second-order valence-corrected chi connectivity index (χ2v) is 5.53. The molecule has 2 fully saturated rings. The van der Waals surface area contributed by atoms with Gasteiger partial charge in [0.05, 0.1) is 6.61 Å². The largest absolute Gasteiger partial charge is 0.480 e. The van der Waals surface area contributed by atoms with E-state index in [2.05, 4.69) is 5.32 Å². The molecule has 0 aromatic carbocycles. The summed E-state index contributed by atoms with van der Waals surface area (Å²) in [5, 5.41) is 11.6. The van der Waals surface area contributed by atoms with Crippen LogP contribution in [0.25, 0.3) is 0 Å². The van der Waals surface area contributed by atoms with Crippen molar-refractivity contribution in [1.82, 2.24) is 15.1 Å². The number of aliphatic carboxylic acids is 1. The number of hydrogen-bond donors (Lipinski definition) is 2. The number of ether oxygens (including phenoxy) is 1. The molecular weight excluding hydrogens is 278 g/mol. The first-order chi connectivity index (χ1) is 9.99. The van der Waals surface area contributed by atoms with E-state index in [1.54, 1.807) is 7.05 Å². The second kappa shape index (κ2) is 6.75. The highest BCUT2D eigenvalue weighted by Crippen LogP contribution is 2.16. The molecule has 0 aliphatic carbocycles. The summed E-state index contributed by atoms with van der Waals surface area (Å²) in [6.45, 7) is 1.59. The molecule has 2 unspecified atom stereocenters. The van der Waals surface area contributed by atoms with Crippen molar-refractivity contribution in [2.24, 2.45) is 5.92 Å². The van der Waals surface area contributed by atoms with Crippen LogP contribution < -0.4 is 5.32 Å². The van der Waals surface area contributed by atoms with Gasteiger partial charge in [0.2, 0.25) is 5.91 Å². The van der Waals surface area contributed by atoms with Gasteiger partial charge >= 0.3 is 12.0 Å². The average Bonchev–Trinajstić information content (AvgIpc) is 2.47. The van der Waals surface area contributed by atoms with Crippen LogP contribution in [0.15, 0.2) is 0 Å². The normalized spacial score (nSPS) is 26.1. The van der Waals surface area contributed by atoms with Crippen LogP contribution in [0.1, 0.15) is 12.8 Å². The fourth-order valence-electron chi connectivity index (χ4n) is 2.70. The van der Waals surface area contributed by atoms with Crippen molar-refractivity contribution >= 4 is 17.9 Å². The van der Waals surface area contributed by atoms with Crippen LogP contribution in [0.5, 0.6) is 0 Å². The SMILES string of the molecule is CN(CC1CCCOC1)C(=O)N1CC(=O)NCC1C(=O)O. The van der Waals surface area contributed by atoms with Gasteiger partial charge in [0, 0.05) is 32.7 Å². The van der Waals surface area contributed by atoms with Gasteiger partial charge < -0.3 is 20.1 Å². The summed E-state index contributed by atoms with van der Waals surface area (Å²) in [5.74, 6) is -1.19. The predicted molar refractivity (Wildman–Crippen MR) is 72.7 cm³/mol. The number of rotatable bonds is 3. The minimum absolute atomic E-state index is 0.0553. The number of urea groups is 1. The zero-order chi connectivity index (χ0) is 15.4. The lowest BCUT2D eigenvalue weighted by atomic mass is 10.0. The van der Waals surface area contributed by atoms with E-state index in [0.717, 1.165) is 24.3 Å². The number of nitrogens with zero attached hydrogens (tertiary/aromatic N) is 2. The Balaban J connectivity index is 1.97. The molecule has 21 heavy (non-hydrogen) atoms. The first-order valence-corrected chi connectivity index (χ1v) is 7.08. The highest BCUT2D eigenvalue weighted by molar-refractivity contribution is 5.90. The summed E-state index contributed by atoms with van der Waals surface area (Å²) in [6, 6.07) is -1.44. The summed E-state index contributed by atoms with van der Waals surface area (Å²) in [7, 11) is 1.63. The molecule has 8 heteroatoms. The van der Waals surface area contributed by atoms with Crippen molar-refractivity contribution < 1.29 is 24.2 Å². The lowest BCUT2D eigenvalue weighted by molar-refractivity contribution is -0.144. The quantitative estimate of drug-likeness (QED) is 0.721. The maximum atomic E-state index is 12.4. The number of carboxylic acid groups (broad SMARTS) is 1. The first kappa shape index (κ1) is 15.6. The van der Waals surface area contributed by atoms with Crippen LogP contribution in [0.4, 0.5) is 4.79 Å². The molecule has 118 valence electrons. The Bertz CT molecular complexity index is 422. The van der Waals surface area contributed by atoms with Crippen molar-refractivity contribution in [1.29, 1.82) is 0 Å². The first-order valence-electron chi connectivity index (χ1n) is 7.08. The van der Waals surface area contributed by atoms with Gasteiger partial charge in [-0.2, -0.15) is 0 Å². The molecule has 0 aromatic heterocycles. The Labute approximate surface area is 123 Å². The topological polar surface area (TPSA) is 99.2 Å². The molecule has 3 amide bonds. The van der Waals surface area contributed by atoms with Crippen LogP contribution in [0.3, 0.4) is 0 Å². The molecule has 0 spiro atoms. The Kier molecular flexibility index (Phi) is 5.00. The lowest BCUT2D eigenvalue weighted by Crippen LogP contribution is -2.61. The van der Waals surface area contributed by atoms with Gasteiger partial charge in [-0.15, -0.1) is 0 Å². The van der Waals surface area contributed by atoms with Gasteiger partial charge in [-0.3, -0.25) is 9.69 Å². The van der Waals surface area contributed by atoms with E-state index in [1.807, 2.05) is 0 Å². The summed E-state index contributed by atoms with van der Waals surface area (Å²) in [4.78, 5) is 37.6. The molecule has 2 N–H and O–H groups in total. The fraction of sp³-hybridized carbons (Fsp3) is 0.769. The number of nitrogens with one attached hydrogen (secondary N) is 1. The highest BCUT2D eigenvalue weighted by atomic mass is 16.5. The third-order valence-electron chi connectivity index (χ3n) is 3.83. The zero-order valence-electron chi connectivity index (χ0n) is 12.1. The molecule has 0 radical (unpaired) electrons. The van der Waals surface area contributed by atoms with Crippen LogP contribution >= 0.6 is 0 Å². The maximum absolute atomic E-state index is 12.4. The van der Waals surface area contributed by atoms with Gasteiger partial charge in [-0.1, -0.05) is 0 Å². The summed E-state index contributed by atoms with van der Waals surface area (Å²) in [6.07, 6.45) is 1.96. The van der Waals surface area contributed by atoms with E-state index in [0.29, 0.717) is 13.2 Å². The van der Waals surface area contributed by atoms with E-state index >= 15 is 0 Å². The molecule has 2 atom stereocenters. The standard InChI is InChI=1S/C13H21N3O5/c1-15(6-9-3-2-4-21-8-9)13(20)16-7-11(17)14-5-10(16)12(18)19/h9-10H,2-8H2,1H3,(H,14,17)(H,18,19). The van der Waals surface area contributed by atoms with E-state index in [-0.39, 0.29) is 24.9 Å². The third-order valence-corrected chi connectivity index (χ3v) is 3.83. The number of carbonyl (C=O) groups is 3. The Hall–Kier alpha value is -1.83. The third kappa shape index (κ3) is 3.84. The van der Waals surface area contributed by atoms with E-state index in [1.165, 1.54) is 4.90 Å². The average molecular weight is 299 g/mol. The lowest BCUT2D eigenvalue weighted by Gasteiger charge is -2.36. The summed E-state index contributed by atoms with van der Waals surface area (Å²) < 4.78 is 5.37. The number of carbonyl (C=O) groups excluding carboxylic acids is 2. The van der Waals surface area contributed by atoms with Crippen LogP contribution in [-0.2, 0) is 14.3 Å². The molecule has 8 nitrogen and oxygen atoms in total. The van der Waals surface area contributed by atoms with Crippen molar-refractivity contribution in [3.8, 4) is 0 Å². The smallest absolute Gasteiger partial charge is 0.328 e. The van der Waals surface area contributed by atoms with Crippen molar-refractivity contribution in [2.45, 2.75) is 18.9 Å². The van der Waals surface area contributed by atoms with E-state index in [9.17, 15) is 14.4 Å². The monoisotopic (exact) mass is 299 g/mol. The fourth-order valence-corrected chi connectivity index (χ4v) is 2.70. The van der Waals surface area contributed by atoms with E-state index < -0.39 is 18.0 Å². The van der Waals surface area contributed by atoms with Gasteiger partial charge in [-0.25, -0.2) is 9.59 Å². The molecular formula is C13H21N3O5. The molecule has 2 rings (SSSR count). The Morgan fingerprint density at radius 2 is 2.29 bits per heavy atom. The Morgan fingerprint density at radius 1 is 1.52 bits per heavy atom. The van der Waals surface area contributed by atoms with Crippen LogP contribution in [0, 0.1) is 5.92 Å². The summed E-state index contributed by atoms with van der Waals surface area (Å²) >= 11 is 0. The van der Waals surface area contributed by atoms with Gasteiger partial charge in [0.25, 0.3) is 0 Å². The number of hydrogen-bond acceptors (Lipinski definition) is 4. The number of carboxylic acids is 1. The Morgan fingerprint density at radius 3 is 2.90 bits per heavy atom. The number of amides is 3. The second-order valence-electron chi connectivity index (χ2n) is 5.53. The summed E-state index contributed by atoms with van der Waals surface area (Å²) in [5.41, 5.74) is 0. The van der Waals surface area contributed by atoms with E-state index in [4.69, 9.17) is 9.84 Å². The molecule has 0 saturated carbocycles. The van der Waals surface area contributed by atoms with Crippen molar-refractivity contribution in [2.75, 3.05) is 39.9 Å². The van der Waals surface area contributed by atoms with Crippen molar-refractivity contribution in [3.63, 3.8) is 0 Å². The highest BCUT2D eigenvalue weighted by Gasteiger charge is 2.36. The van der Waals surface area contributed by atoms with Crippen LogP contribution in [0.2, 0.25) is 0 Å². The van der Waals surface area contributed by atoms with Crippen molar-refractivity contribution in [3.05, 3.63) is 0 Å². The maximum Gasteiger partial charge on any atom is 0.328 e.